The van der Waals surface area contributed by atoms with E-state index in [1.165, 1.54) is 12.8 Å². The third-order valence-corrected chi connectivity index (χ3v) is 12.8. The van der Waals surface area contributed by atoms with Crippen LogP contribution in [0, 0.1) is 0 Å². The van der Waals surface area contributed by atoms with Gasteiger partial charge in [0.25, 0.3) is 0 Å². The van der Waals surface area contributed by atoms with E-state index in [1.807, 2.05) is 0 Å². The summed E-state index contributed by atoms with van der Waals surface area (Å²) in [7, 11) is -2.80. The molecule has 17 heavy (non-hydrogen) atoms. The van der Waals surface area contributed by atoms with Crippen molar-refractivity contribution in [1.82, 2.24) is 0 Å². The van der Waals surface area contributed by atoms with Crippen LogP contribution in [0.2, 0.25) is 44.4 Å². The number of carbonyl (C=O) groups is 1. The van der Waals surface area contributed by atoms with E-state index in [-0.39, 0.29) is 0 Å². The van der Waals surface area contributed by atoms with E-state index >= 15 is 0 Å². The van der Waals surface area contributed by atoms with Crippen LogP contribution in [-0.4, -0.2) is 21.9 Å². The summed E-state index contributed by atoms with van der Waals surface area (Å²) < 4.78 is 0. The minimum atomic E-state index is -1.40. The molecule has 0 radical (unpaired) electrons. The molecule has 0 atom stereocenters. The highest BCUT2D eigenvalue weighted by Crippen LogP contribution is 2.36. The van der Waals surface area contributed by atoms with E-state index in [1.54, 1.807) is 0 Å². The van der Waals surface area contributed by atoms with Crippen molar-refractivity contribution in [2.45, 2.75) is 70.1 Å². The van der Waals surface area contributed by atoms with Crippen molar-refractivity contribution < 1.29 is 4.79 Å². The first kappa shape index (κ1) is 14.9. The normalized spacial score (nSPS) is 18.2. The number of hydrogen-bond donors (Lipinski definition) is 0. The van der Waals surface area contributed by atoms with E-state index in [0.29, 0.717) is 10.9 Å². The summed E-state index contributed by atoms with van der Waals surface area (Å²) in [6, 6.07) is 0. The van der Waals surface area contributed by atoms with Gasteiger partial charge in [-0.2, -0.15) is 0 Å². The van der Waals surface area contributed by atoms with Gasteiger partial charge >= 0.3 is 0 Å². The van der Waals surface area contributed by atoms with Crippen LogP contribution in [-0.2, 0) is 4.79 Å². The Balaban J connectivity index is 2.99. The summed E-state index contributed by atoms with van der Waals surface area (Å²) in [5.74, 6) is 0.517. The number of Topliss-reactive ketones (excluding diaryl/α,β-unsaturated/α-hetero) is 1. The van der Waals surface area contributed by atoms with Crippen molar-refractivity contribution in [2.24, 2.45) is 0 Å². The Kier molecular flexibility index (Phi) is 4.58. The number of allylic oxidation sites excluding steroid dienone is 2. The molecular weight excluding hydrogens is 240 g/mol. The molecule has 1 rings (SSSR count). The summed E-state index contributed by atoms with van der Waals surface area (Å²) in [6.45, 7) is 14.2. The SMILES string of the molecule is C[Si](C)(C)C(C(=O)C1=CCCCC1)[Si](C)(C)C. The predicted molar refractivity (Wildman–Crippen MR) is 82.0 cm³/mol. The first-order valence-corrected chi connectivity index (χ1v) is 14.0. The predicted octanol–water partition coefficient (Wildman–Crippen LogP) is 4.64. The Labute approximate surface area is 109 Å². The van der Waals surface area contributed by atoms with Gasteiger partial charge in [-0.3, -0.25) is 4.79 Å². The van der Waals surface area contributed by atoms with Gasteiger partial charge in [-0.1, -0.05) is 45.4 Å². The molecule has 0 spiro atoms. The lowest BCUT2D eigenvalue weighted by Crippen LogP contribution is -2.48. The number of carbonyl (C=O) groups excluding carboxylic acids is 1. The Morgan fingerprint density at radius 1 is 1.06 bits per heavy atom. The fourth-order valence-electron chi connectivity index (χ4n) is 3.33. The molecule has 1 nitrogen and oxygen atoms in total. The molecule has 3 heteroatoms. The molecule has 0 aromatic rings. The van der Waals surface area contributed by atoms with Crippen LogP contribution < -0.4 is 0 Å². The van der Waals surface area contributed by atoms with Gasteiger partial charge in [0.15, 0.2) is 5.78 Å². The van der Waals surface area contributed by atoms with E-state index in [9.17, 15) is 4.79 Å². The van der Waals surface area contributed by atoms with Crippen LogP contribution in [0.15, 0.2) is 11.6 Å². The number of rotatable bonds is 4. The molecular formula is C14H28OSi2. The lowest BCUT2D eigenvalue weighted by atomic mass is 9.97. The molecule has 0 saturated heterocycles. The van der Waals surface area contributed by atoms with Crippen molar-refractivity contribution in [3.05, 3.63) is 11.6 Å². The molecule has 0 N–H and O–H groups in total. The molecule has 0 unspecified atom stereocenters. The summed E-state index contributed by atoms with van der Waals surface area (Å²) in [6.07, 6.45) is 6.84. The average Bonchev–Trinajstić information content (AvgIpc) is 2.14. The zero-order chi connectivity index (χ0) is 13.3. The number of hydrogen-bond acceptors (Lipinski definition) is 1. The van der Waals surface area contributed by atoms with Gasteiger partial charge in [0, 0.05) is 5.16 Å². The minimum absolute atomic E-state index is 0.388. The highest BCUT2D eigenvalue weighted by atomic mass is 28.4. The summed E-state index contributed by atoms with van der Waals surface area (Å²) in [5, 5.41) is 0.388. The monoisotopic (exact) mass is 268 g/mol. The third kappa shape index (κ3) is 3.92. The molecule has 0 aliphatic heterocycles. The van der Waals surface area contributed by atoms with Crippen LogP contribution in [0.4, 0.5) is 0 Å². The Morgan fingerprint density at radius 3 is 1.94 bits per heavy atom. The second kappa shape index (κ2) is 5.23. The highest BCUT2D eigenvalue weighted by molar-refractivity contribution is 7.00. The van der Waals surface area contributed by atoms with E-state index in [2.05, 4.69) is 45.4 Å². The van der Waals surface area contributed by atoms with Gasteiger partial charge in [0.2, 0.25) is 0 Å². The molecule has 0 heterocycles. The highest BCUT2D eigenvalue weighted by Gasteiger charge is 2.43. The molecule has 0 saturated carbocycles. The van der Waals surface area contributed by atoms with Crippen LogP contribution in [0.25, 0.3) is 0 Å². The van der Waals surface area contributed by atoms with Crippen LogP contribution in [0.5, 0.6) is 0 Å². The van der Waals surface area contributed by atoms with E-state index in [4.69, 9.17) is 0 Å². The quantitative estimate of drug-likeness (QED) is 0.679. The van der Waals surface area contributed by atoms with Gasteiger partial charge in [-0.15, -0.1) is 0 Å². The summed E-state index contributed by atoms with van der Waals surface area (Å²) in [4.78, 5) is 12.8. The zero-order valence-electron chi connectivity index (χ0n) is 12.4. The van der Waals surface area contributed by atoms with E-state index in [0.717, 1.165) is 18.4 Å². The Bertz CT molecular complexity index is 304. The second-order valence-electron chi connectivity index (χ2n) is 7.50. The molecule has 0 bridgehead atoms. The molecule has 1 aliphatic rings. The first-order valence-electron chi connectivity index (χ1n) is 6.87. The molecule has 0 aromatic carbocycles. The van der Waals surface area contributed by atoms with Crippen LogP contribution in [0.3, 0.4) is 0 Å². The molecule has 0 fully saturated rings. The smallest absolute Gasteiger partial charge is 0.156 e. The topological polar surface area (TPSA) is 17.1 Å². The van der Waals surface area contributed by atoms with Gasteiger partial charge in [-0.05, 0) is 31.3 Å². The van der Waals surface area contributed by atoms with Gasteiger partial charge in [0.05, 0.1) is 16.1 Å². The largest absolute Gasteiger partial charge is 0.295 e. The maximum Gasteiger partial charge on any atom is 0.156 e. The molecule has 0 aromatic heterocycles. The summed E-state index contributed by atoms with van der Waals surface area (Å²) >= 11 is 0. The van der Waals surface area contributed by atoms with E-state index < -0.39 is 16.1 Å². The standard InChI is InChI=1S/C14H28OSi2/c1-16(2,3)14(17(4,5)6)13(15)12-10-8-7-9-11-12/h10,14H,7-9,11H2,1-6H3. The third-order valence-electron chi connectivity index (χ3n) is 3.60. The average molecular weight is 269 g/mol. The second-order valence-corrected chi connectivity index (χ2v) is 18.7. The first-order chi connectivity index (χ1) is 7.64. The van der Waals surface area contributed by atoms with Crippen LogP contribution in [0.1, 0.15) is 25.7 Å². The fourth-order valence-corrected chi connectivity index (χ4v) is 15.7. The molecule has 98 valence electrons. The Hall–Kier alpha value is -0.156. The zero-order valence-corrected chi connectivity index (χ0v) is 14.4. The maximum absolute atomic E-state index is 12.8. The van der Waals surface area contributed by atoms with Gasteiger partial charge in [0.1, 0.15) is 0 Å². The lowest BCUT2D eigenvalue weighted by molar-refractivity contribution is -0.114. The summed E-state index contributed by atoms with van der Waals surface area (Å²) in [5.41, 5.74) is 1.16. The van der Waals surface area contributed by atoms with Crippen molar-refractivity contribution in [3.8, 4) is 0 Å². The van der Waals surface area contributed by atoms with Crippen LogP contribution >= 0.6 is 0 Å². The minimum Gasteiger partial charge on any atom is -0.295 e. The van der Waals surface area contributed by atoms with Crippen molar-refractivity contribution in [2.75, 3.05) is 0 Å². The van der Waals surface area contributed by atoms with Gasteiger partial charge < -0.3 is 0 Å². The van der Waals surface area contributed by atoms with Crippen molar-refractivity contribution >= 4 is 21.9 Å². The lowest BCUT2D eigenvalue weighted by Gasteiger charge is -2.38. The number of ketones is 1. The molecule has 1 aliphatic carbocycles. The maximum atomic E-state index is 12.8. The fraction of sp³-hybridized carbons (Fsp3) is 0.786. The molecule has 0 amide bonds. The van der Waals surface area contributed by atoms with Crippen molar-refractivity contribution in [3.63, 3.8) is 0 Å². The van der Waals surface area contributed by atoms with Crippen molar-refractivity contribution in [1.29, 1.82) is 0 Å². The Morgan fingerprint density at radius 2 is 1.59 bits per heavy atom. The van der Waals surface area contributed by atoms with Gasteiger partial charge in [-0.25, -0.2) is 0 Å².